The van der Waals surface area contributed by atoms with Crippen LogP contribution in [0.4, 0.5) is 5.82 Å². The number of H-pyrrole nitrogens is 1. The number of hydrogen-bond acceptors (Lipinski definition) is 6. The van der Waals surface area contributed by atoms with Crippen LogP contribution in [0, 0.1) is 6.92 Å². The molecule has 2 aromatic carbocycles. The molecule has 0 aliphatic rings. The zero-order chi connectivity index (χ0) is 21.9. The van der Waals surface area contributed by atoms with Crippen molar-refractivity contribution in [3.05, 3.63) is 82.9 Å². The number of aromatic amines is 1. The fourth-order valence-electron chi connectivity index (χ4n) is 3.96. The number of unbranched alkanes of at least 4 members (excludes halogenated alkanes) is 1. The van der Waals surface area contributed by atoms with Crippen molar-refractivity contribution < 1.29 is 0 Å². The van der Waals surface area contributed by atoms with E-state index in [0.29, 0.717) is 17.5 Å². The summed E-state index contributed by atoms with van der Waals surface area (Å²) in [6, 6.07) is 15.5. The smallest absolute Gasteiger partial charge is 0.266 e. The van der Waals surface area contributed by atoms with Gasteiger partial charge in [-0.15, -0.1) is 0 Å². The maximum absolute atomic E-state index is 13.4. The first-order valence-electron chi connectivity index (χ1n) is 10.7. The number of aryl methyl sites for hydroxylation is 2. The Kier molecular flexibility index (Phi) is 5.33. The predicted molar refractivity (Wildman–Crippen MR) is 125 cm³/mol. The lowest BCUT2D eigenvalue weighted by molar-refractivity contribution is 0.704. The normalized spacial score (nSPS) is 11.3. The summed E-state index contributed by atoms with van der Waals surface area (Å²) >= 11 is 0. The number of benzene rings is 2. The zero-order valence-corrected chi connectivity index (χ0v) is 17.7. The fraction of sp³-hybridized carbons (Fsp3) is 0.208. The van der Waals surface area contributed by atoms with Gasteiger partial charge < -0.3 is 10.3 Å². The topological polar surface area (TPSA) is 101 Å². The SMILES string of the molecule is Cc1cccc2nc(CCCCNc3ncnc4[nH]cnc34)n(-c3ccccc3)c(=O)c12. The van der Waals surface area contributed by atoms with Crippen LogP contribution in [0.25, 0.3) is 27.8 Å². The molecular formula is C24H23N7O. The Morgan fingerprint density at radius 1 is 1.00 bits per heavy atom. The lowest BCUT2D eigenvalue weighted by Crippen LogP contribution is -2.24. The third-order valence-corrected chi connectivity index (χ3v) is 5.53. The van der Waals surface area contributed by atoms with Crippen LogP contribution in [-0.4, -0.2) is 36.0 Å². The van der Waals surface area contributed by atoms with Gasteiger partial charge >= 0.3 is 0 Å². The van der Waals surface area contributed by atoms with Crippen LogP contribution in [0.5, 0.6) is 0 Å². The Labute approximate surface area is 184 Å². The maximum atomic E-state index is 13.4. The molecule has 0 atom stereocenters. The van der Waals surface area contributed by atoms with Gasteiger partial charge in [-0.3, -0.25) is 9.36 Å². The number of nitrogens with one attached hydrogen (secondary N) is 2. The second-order valence-corrected chi connectivity index (χ2v) is 7.68. The summed E-state index contributed by atoms with van der Waals surface area (Å²) in [6.07, 6.45) is 5.59. The van der Waals surface area contributed by atoms with Gasteiger partial charge in [0.05, 0.1) is 22.9 Å². The number of nitrogens with zero attached hydrogens (tertiary/aromatic N) is 5. The maximum Gasteiger partial charge on any atom is 0.266 e. The Morgan fingerprint density at radius 3 is 2.75 bits per heavy atom. The minimum atomic E-state index is -0.0191. The molecule has 5 aromatic rings. The highest BCUT2D eigenvalue weighted by Crippen LogP contribution is 2.18. The van der Waals surface area contributed by atoms with Crippen molar-refractivity contribution in [3.63, 3.8) is 0 Å². The van der Waals surface area contributed by atoms with Gasteiger partial charge in [0.25, 0.3) is 5.56 Å². The van der Waals surface area contributed by atoms with Gasteiger partial charge in [0.15, 0.2) is 11.5 Å². The number of imidazole rings is 1. The molecule has 0 amide bonds. The molecule has 0 bridgehead atoms. The first kappa shape index (κ1) is 19.9. The first-order chi connectivity index (χ1) is 15.7. The number of anilines is 1. The van der Waals surface area contributed by atoms with Crippen LogP contribution in [0.3, 0.4) is 0 Å². The molecule has 3 aromatic heterocycles. The van der Waals surface area contributed by atoms with Crippen LogP contribution >= 0.6 is 0 Å². The van der Waals surface area contributed by atoms with E-state index in [1.54, 1.807) is 10.9 Å². The third-order valence-electron chi connectivity index (χ3n) is 5.53. The Hall–Kier alpha value is -4.07. The standard InChI is InChI=1S/C24H23N7O/c1-16-8-7-11-18-20(16)24(32)31(17-9-3-2-4-10-17)19(30-18)12-5-6-13-25-22-21-23(27-14-26-21)29-15-28-22/h2-4,7-11,14-15H,5-6,12-13H2,1H3,(H2,25,26,27,28,29). The number of hydrogen-bond donors (Lipinski definition) is 2. The van der Waals surface area contributed by atoms with E-state index < -0.39 is 0 Å². The van der Waals surface area contributed by atoms with E-state index in [9.17, 15) is 4.79 Å². The number of fused-ring (bicyclic) bond motifs is 2. The number of para-hydroxylation sites is 1. The monoisotopic (exact) mass is 425 g/mol. The van der Waals surface area contributed by atoms with Crippen LogP contribution in [0.15, 0.2) is 66.0 Å². The van der Waals surface area contributed by atoms with E-state index in [1.807, 2.05) is 55.5 Å². The second kappa shape index (κ2) is 8.58. The molecule has 160 valence electrons. The molecule has 0 aliphatic heterocycles. The van der Waals surface area contributed by atoms with Gasteiger partial charge in [0.2, 0.25) is 0 Å². The molecule has 0 spiro atoms. The number of aromatic nitrogens is 6. The molecule has 8 nitrogen and oxygen atoms in total. The highest BCUT2D eigenvalue weighted by molar-refractivity contribution is 5.82. The van der Waals surface area contributed by atoms with E-state index in [1.165, 1.54) is 6.33 Å². The van der Waals surface area contributed by atoms with Crippen molar-refractivity contribution in [2.75, 3.05) is 11.9 Å². The number of rotatable bonds is 7. The molecule has 0 aliphatic carbocycles. The van der Waals surface area contributed by atoms with Gasteiger partial charge in [-0.05, 0) is 43.5 Å². The summed E-state index contributed by atoms with van der Waals surface area (Å²) in [4.78, 5) is 34.0. The molecule has 0 radical (unpaired) electrons. The van der Waals surface area contributed by atoms with Gasteiger partial charge in [0, 0.05) is 13.0 Å². The van der Waals surface area contributed by atoms with Crippen molar-refractivity contribution in [2.45, 2.75) is 26.2 Å². The van der Waals surface area contributed by atoms with Crippen LogP contribution < -0.4 is 10.9 Å². The Bertz CT molecular complexity index is 1440. The molecule has 0 fully saturated rings. The highest BCUT2D eigenvalue weighted by Gasteiger charge is 2.14. The lowest BCUT2D eigenvalue weighted by Gasteiger charge is -2.14. The zero-order valence-electron chi connectivity index (χ0n) is 17.7. The van der Waals surface area contributed by atoms with Crippen molar-refractivity contribution in [1.82, 2.24) is 29.5 Å². The van der Waals surface area contributed by atoms with E-state index in [2.05, 4.69) is 25.3 Å². The molecule has 0 saturated heterocycles. The second-order valence-electron chi connectivity index (χ2n) is 7.68. The lowest BCUT2D eigenvalue weighted by atomic mass is 10.1. The van der Waals surface area contributed by atoms with Gasteiger partial charge in [-0.2, -0.15) is 0 Å². The molecule has 2 N–H and O–H groups in total. The quantitative estimate of drug-likeness (QED) is 0.385. The average molecular weight is 425 g/mol. The summed E-state index contributed by atoms with van der Waals surface area (Å²) in [5, 5.41) is 4.01. The van der Waals surface area contributed by atoms with E-state index in [0.717, 1.165) is 53.3 Å². The predicted octanol–water partition coefficient (Wildman–Crippen LogP) is 3.80. The Balaban J connectivity index is 1.36. The van der Waals surface area contributed by atoms with E-state index >= 15 is 0 Å². The molecule has 0 unspecified atom stereocenters. The molecule has 3 heterocycles. The first-order valence-corrected chi connectivity index (χ1v) is 10.7. The van der Waals surface area contributed by atoms with Crippen LogP contribution in [0.1, 0.15) is 24.2 Å². The minimum absolute atomic E-state index is 0.0191. The molecular weight excluding hydrogens is 402 g/mol. The Morgan fingerprint density at radius 2 is 1.88 bits per heavy atom. The fourth-order valence-corrected chi connectivity index (χ4v) is 3.96. The minimum Gasteiger partial charge on any atom is -0.368 e. The highest BCUT2D eigenvalue weighted by atomic mass is 16.1. The summed E-state index contributed by atoms with van der Waals surface area (Å²) in [6.45, 7) is 2.69. The van der Waals surface area contributed by atoms with Gasteiger partial charge in [-0.1, -0.05) is 30.3 Å². The molecule has 8 heteroatoms. The molecule has 0 saturated carbocycles. The van der Waals surface area contributed by atoms with Gasteiger partial charge in [0.1, 0.15) is 17.7 Å². The van der Waals surface area contributed by atoms with E-state index in [-0.39, 0.29) is 5.56 Å². The van der Waals surface area contributed by atoms with Crippen molar-refractivity contribution >= 4 is 27.9 Å². The van der Waals surface area contributed by atoms with E-state index in [4.69, 9.17) is 4.98 Å². The molecule has 32 heavy (non-hydrogen) atoms. The van der Waals surface area contributed by atoms with Crippen molar-refractivity contribution in [1.29, 1.82) is 0 Å². The third kappa shape index (κ3) is 3.71. The summed E-state index contributed by atoms with van der Waals surface area (Å²) in [5.74, 6) is 1.49. The summed E-state index contributed by atoms with van der Waals surface area (Å²) < 4.78 is 1.75. The van der Waals surface area contributed by atoms with Crippen LogP contribution in [0.2, 0.25) is 0 Å². The van der Waals surface area contributed by atoms with Crippen molar-refractivity contribution in [3.8, 4) is 5.69 Å². The largest absolute Gasteiger partial charge is 0.368 e. The average Bonchev–Trinajstić information content (AvgIpc) is 3.29. The van der Waals surface area contributed by atoms with Crippen LogP contribution in [-0.2, 0) is 6.42 Å². The molecule has 5 rings (SSSR count). The van der Waals surface area contributed by atoms with Gasteiger partial charge in [-0.25, -0.2) is 19.9 Å². The van der Waals surface area contributed by atoms with Crippen molar-refractivity contribution in [2.24, 2.45) is 0 Å². The summed E-state index contributed by atoms with van der Waals surface area (Å²) in [5.41, 5.74) is 3.95. The summed E-state index contributed by atoms with van der Waals surface area (Å²) in [7, 11) is 0.